The van der Waals surface area contributed by atoms with Crippen LogP contribution in [0.3, 0.4) is 0 Å². The summed E-state index contributed by atoms with van der Waals surface area (Å²) < 4.78 is 13.5. The Labute approximate surface area is 171 Å². The molecule has 0 saturated carbocycles. The third kappa shape index (κ3) is 3.84. The molecule has 29 heavy (non-hydrogen) atoms. The molecule has 0 radical (unpaired) electrons. The van der Waals surface area contributed by atoms with Crippen LogP contribution in [0.25, 0.3) is 10.9 Å². The SMILES string of the molecule is Cc1nc(N2CCCC(NC3Cc4ccccc4C3)CC2)nc2ccc(F)cc12. The molecule has 1 aliphatic heterocycles. The Bertz CT molecular complexity index is 1010. The van der Waals surface area contributed by atoms with E-state index in [2.05, 4.69) is 34.5 Å². The molecule has 4 nitrogen and oxygen atoms in total. The lowest BCUT2D eigenvalue weighted by atomic mass is 10.1. The molecule has 1 aromatic heterocycles. The number of aromatic nitrogens is 2. The highest BCUT2D eigenvalue weighted by Crippen LogP contribution is 2.25. The molecule has 0 spiro atoms. The van der Waals surface area contributed by atoms with Gasteiger partial charge < -0.3 is 10.2 Å². The zero-order valence-corrected chi connectivity index (χ0v) is 16.9. The summed E-state index contributed by atoms with van der Waals surface area (Å²) in [5, 5.41) is 4.71. The normalized spacial score (nSPS) is 20.1. The molecule has 0 bridgehead atoms. The molecule has 3 aromatic rings. The summed E-state index contributed by atoms with van der Waals surface area (Å²) in [6, 6.07) is 14.6. The van der Waals surface area contributed by atoms with E-state index in [-0.39, 0.29) is 5.82 Å². The van der Waals surface area contributed by atoms with Crippen molar-refractivity contribution in [3.8, 4) is 0 Å². The van der Waals surface area contributed by atoms with Crippen molar-refractivity contribution < 1.29 is 4.39 Å². The first-order chi connectivity index (χ1) is 14.2. The first-order valence-corrected chi connectivity index (χ1v) is 10.7. The number of anilines is 1. The average Bonchev–Trinajstić information content (AvgIpc) is 2.98. The highest BCUT2D eigenvalue weighted by Gasteiger charge is 2.25. The van der Waals surface area contributed by atoms with Gasteiger partial charge in [-0.25, -0.2) is 14.4 Å². The van der Waals surface area contributed by atoms with Gasteiger partial charge in [-0.3, -0.25) is 0 Å². The summed E-state index contributed by atoms with van der Waals surface area (Å²) in [7, 11) is 0. The number of hydrogen-bond acceptors (Lipinski definition) is 4. The summed E-state index contributed by atoms with van der Waals surface area (Å²) in [5.74, 6) is 0.533. The van der Waals surface area contributed by atoms with Gasteiger partial charge in [0, 0.05) is 30.6 Å². The molecule has 0 amide bonds. The number of aryl methyl sites for hydroxylation is 1. The maximum absolute atomic E-state index is 13.5. The van der Waals surface area contributed by atoms with Gasteiger partial charge in [-0.15, -0.1) is 0 Å². The Balaban J connectivity index is 1.26. The molecule has 1 atom stereocenters. The standard InChI is InChI=1S/C24H27FN4/c1-16-22-15-19(25)8-9-23(22)28-24(26-16)29-11-4-7-20(10-12-29)27-21-13-17-5-2-3-6-18(17)14-21/h2-3,5-6,8-9,15,20-21,27H,4,7,10-14H2,1H3. The molecule has 1 saturated heterocycles. The number of benzene rings is 2. The van der Waals surface area contributed by atoms with Crippen molar-refractivity contribution in [2.24, 2.45) is 0 Å². The van der Waals surface area contributed by atoms with Crippen LogP contribution in [0.4, 0.5) is 10.3 Å². The van der Waals surface area contributed by atoms with Crippen LogP contribution in [-0.2, 0) is 12.8 Å². The minimum absolute atomic E-state index is 0.241. The van der Waals surface area contributed by atoms with Crippen molar-refractivity contribution >= 4 is 16.9 Å². The number of halogens is 1. The van der Waals surface area contributed by atoms with E-state index < -0.39 is 0 Å². The Morgan fingerprint density at radius 3 is 2.55 bits per heavy atom. The van der Waals surface area contributed by atoms with Crippen LogP contribution in [0, 0.1) is 12.7 Å². The molecule has 1 fully saturated rings. The minimum atomic E-state index is -0.241. The lowest BCUT2D eigenvalue weighted by Gasteiger charge is -2.23. The zero-order chi connectivity index (χ0) is 19.8. The van der Waals surface area contributed by atoms with Gasteiger partial charge in [0.25, 0.3) is 0 Å². The largest absolute Gasteiger partial charge is 0.341 e. The Morgan fingerprint density at radius 1 is 0.966 bits per heavy atom. The molecule has 1 unspecified atom stereocenters. The number of nitrogens with one attached hydrogen (secondary N) is 1. The van der Waals surface area contributed by atoms with E-state index in [0.29, 0.717) is 12.1 Å². The summed E-state index contributed by atoms with van der Waals surface area (Å²) in [6.45, 7) is 3.85. The molecule has 2 aliphatic rings. The maximum atomic E-state index is 13.5. The second-order valence-corrected chi connectivity index (χ2v) is 8.43. The fraction of sp³-hybridized carbons (Fsp3) is 0.417. The molecule has 2 heterocycles. The van der Waals surface area contributed by atoms with Crippen molar-refractivity contribution in [1.82, 2.24) is 15.3 Å². The third-order valence-electron chi connectivity index (χ3n) is 6.37. The lowest BCUT2D eigenvalue weighted by molar-refractivity contribution is 0.406. The van der Waals surface area contributed by atoms with Gasteiger partial charge in [-0.05, 0) is 68.4 Å². The van der Waals surface area contributed by atoms with Gasteiger partial charge >= 0.3 is 0 Å². The molecule has 5 rings (SSSR count). The smallest absolute Gasteiger partial charge is 0.226 e. The molecule has 1 N–H and O–H groups in total. The summed E-state index contributed by atoms with van der Waals surface area (Å²) in [5.41, 5.74) is 4.65. The predicted molar refractivity (Wildman–Crippen MR) is 115 cm³/mol. The van der Waals surface area contributed by atoms with Gasteiger partial charge in [0.15, 0.2) is 0 Å². The topological polar surface area (TPSA) is 41.1 Å². The fourth-order valence-electron chi connectivity index (χ4n) is 4.85. The maximum Gasteiger partial charge on any atom is 0.226 e. The van der Waals surface area contributed by atoms with Gasteiger partial charge in [-0.1, -0.05) is 24.3 Å². The highest BCUT2D eigenvalue weighted by molar-refractivity contribution is 5.81. The number of rotatable bonds is 3. The minimum Gasteiger partial charge on any atom is -0.341 e. The molecular formula is C24H27FN4. The van der Waals surface area contributed by atoms with E-state index in [9.17, 15) is 4.39 Å². The van der Waals surface area contributed by atoms with Crippen LogP contribution in [0.1, 0.15) is 36.1 Å². The van der Waals surface area contributed by atoms with E-state index in [1.807, 2.05) is 6.92 Å². The second kappa shape index (κ2) is 7.71. The van der Waals surface area contributed by atoms with Gasteiger partial charge in [-0.2, -0.15) is 0 Å². The van der Waals surface area contributed by atoms with Crippen LogP contribution in [0.5, 0.6) is 0 Å². The Morgan fingerprint density at radius 2 is 1.76 bits per heavy atom. The molecular weight excluding hydrogens is 363 g/mol. The van der Waals surface area contributed by atoms with Crippen LogP contribution >= 0.6 is 0 Å². The van der Waals surface area contributed by atoms with Crippen molar-refractivity contribution in [1.29, 1.82) is 0 Å². The van der Waals surface area contributed by atoms with Gasteiger partial charge in [0.1, 0.15) is 5.82 Å². The van der Waals surface area contributed by atoms with Crippen molar-refractivity contribution in [2.75, 3.05) is 18.0 Å². The summed E-state index contributed by atoms with van der Waals surface area (Å²) in [6.07, 6.45) is 5.68. The van der Waals surface area contributed by atoms with E-state index >= 15 is 0 Å². The van der Waals surface area contributed by atoms with E-state index in [0.717, 1.165) is 61.3 Å². The quantitative estimate of drug-likeness (QED) is 0.728. The summed E-state index contributed by atoms with van der Waals surface area (Å²) in [4.78, 5) is 11.7. The van der Waals surface area contributed by atoms with Gasteiger partial charge in [0.2, 0.25) is 5.95 Å². The molecule has 1 aliphatic carbocycles. The molecule has 150 valence electrons. The monoisotopic (exact) mass is 390 g/mol. The number of hydrogen-bond donors (Lipinski definition) is 1. The van der Waals surface area contributed by atoms with E-state index in [4.69, 9.17) is 9.97 Å². The van der Waals surface area contributed by atoms with Crippen LogP contribution in [0.15, 0.2) is 42.5 Å². The summed E-state index contributed by atoms with van der Waals surface area (Å²) >= 11 is 0. The fourth-order valence-corrected chi connectivity index (χ4v) is 4.85. The number of fused-ring (bicyclic) bond motifs is 2. The Hall–Kier alpha value is -2.53. The highest BCUT2D eigenvalue weighted by atomic mass is 19.1. The first kappa shape index (κ1) is 18.5. The van der Waals surface area contributed by atoms with Crippen LogP contribution in [0.2, 0.25) is 0 Å². The van der Waals surface area contributed by atoms with Crippen molar-refractivity contribution in [3.05, 3.63) is 65.1 Å². The molecule has 5 heteroatoms. The average molecular weight is 391 g/mol. The lowest BCUT2D eigenvalue weighted by Crippen LogP contribution is -2.39. The van der Waals surface area contributed by atoms with E-state index in [1.54, 1.807) is 6.07 Å². The van der Waals surface area contributed by atoms with Gasteiger partial charge in [0.05, 0.1) is 11.2 Å². The van der Waals surface area contributed by atoms with E-state index in [1.165, 1.54) is 29.7 Å². The van der Waals surface area contributed by atoms with Crippen molar-refractivity contribution in [2.45, 2.75) is 51.1 Å². The second-order valence-electron chi connectivity index (χ2n) is 8.43. The first-order valence-electron chi connectivity index (χ1n) is 10.7. The third-order valence-corrected chi connectivity index (χ3v) is 6.37. The van der Waals surface area contributed by atoms with Crippen molar-refractivity contribution in [3.63, 3.8) is 0 Å². The van der Waals surface area contributed by atoms with Crippen LogP contribution < -0.4 is 10.2 Å². The number of nitrogens with zero attached hydrogens (tertiary/aromatic N) is 3. The van der Waals surface area contributed by atoms with Crippen LogP contribution in [-0.4, -0.2) is 35.1 Å². The Kier molecular flexibility index (Phi) is 4.92. The molecule has 2 aromatic carbocycles. The zero-order valence-electron chi connectivity index (χ0n) is 16.9. The predicted octanol–water partition coefficient (Wildman–Crippen LogP) is 4.19.